The van der Waals surface area contributed by atoms with Crippen LogP contribution in [0.25, 0.3) is 0 Å². The zero-order valence-corrected chi connectivity index (χ0v) is 16.3. The molecule has 2 aliphatic heterocycles. The zero-order chi connectivity index (χ0) is 19.2. The minimum absolute atomic E-state index is 0.0201. The summed E-state index contributed by atoms with van der Waals surface area (Å²) in [5, 5.41) is 0.0909. The highest BCUT2D eigenvalue weighted by Gasteiger charge is 2.49. The Bertz CT molecular complexity index is 1040. The second-order valence-corrected chi connectivity index (χ2v) is 10.1. The van der Waals surface area contributed by atoms with Crippen molar-refractivity contribution < 1.29 is 17.6 Å². The first-order valence-corrected chi connectivity index (χ1v) is 11.2. The summed E-state index contributed by atoms with van der Waals surface area (Å²) >= 11 is 7.17. The number of nitrogens with zero attached hydrogens (tertiary/aromatic N) is 2. The molecule has 0 radical (unpaired) electrons. The van der Waals surface area contributed by atoms with E-state index in [0.29, 0.717) is 16.4 Å². The molecule has 0 unspecified atom stereocenters. The number of hydrogen-bond acceptors (Lipinski definition) is 4. The van der Waals surface area contributed by atoms with Gasteiger partial charge in [-0.1, -0.05) is 41.6 Å². The smallest absolute Gasteiger partial charge is 0.279 e. The molecule has 2 aromatic carbocycles. The van der Waals surface area contributed by atoms with E-state index < -0.39 is 21.6 Å². The van der Waals surface area contributed by atoms with Crippen LogP contribution in [0, 0.1) is 5.82 Å². The highest BCUT2D eigenvalue weighted by atomic mass is 35.5. The Kier molecular flexibility index (Phi) is 4.73. The summed E-state index contributed by atoms with van der Waals surface area (Å²) in [5.74, 6) is -1.01. The summed E-state index contributed by atoms with van der Waals surface area (Å²) in [6.07, 6.45) is 0. The van der Waals surface area contributed by atoms with Crippen LogP contribution < -0.4 is 4.90 Å². The molecule has 0 spiro atoms. The van der Waals surface area contributed by atoms with E-state index in [4.69, 9.17) is 11.6 Å². The second-order valence-electron chi connectivity index (χ2n) is 6.33. The van der Waals surface area contributed by atoms with Crippen LogP contribution in [-0.2, 0) is 9.84 Å². The third-order valence-electron chi connectivity index (χ3n) is 4.47. The van der Waals surface area contributed by atoms with Crippen molar-refractivity contribution in [3.05, 3.63) is 64.9 Å². The van der Waals surface area contributed by atoms with Crippen LogP contribution in [0.4, 0.5) is 10.1 Å². The number of anilines is 1. The molecule has 0 aromatic heterocycles. The van der Waals surface area contributed by atoms with Crippen molar-refractivity contribution in [1.82, 2.24) is 0 Å². The largest absolute Gasteiger partial charge is 0.316 e. The van der Waals surface area contributed by atoms with Gasteiger partial charge in [0.1, 0.15) is 5.82 Å². The maximum Gasteiger partial charge on any atom is 0.279 e. The topological polar surface area (TPSA) is 66.8 Å². The van der Waals surface area contributed by atoms with Crippen molar-refractivity contribution in [3.8, 4) is 0 Å². The van der Waals surface area contributed by atoms with Gasteiger partial charge < -0.3 is 4.90 Å². The van der Waals surface area contributed by atoms with Gasteiger partial charge in [0.25, 0.3) is 5.91 Å². The van der Waals surface area contributed by atoms with Crippen molar-refractivity contribution >= 4 is 50.0 Å². The fourth-order valence-electron chi connectivity index (χ4n) is 3.23. The first kappa shape index (κ1) is 18.5. The fraction of sp³-hybridized carbons (Fsp3) is 0.222. The molecule has 2 atom stereocenters. The summed E-state index contributed by atoms with van der Waals surface area (Å²) in [6.45, 7) is 0. The Balaban J connectivity index is 1.75. The summed E-state index contributed by atoms with van der Waals surface area (Å²) < 4.78 is 37.7. The average molecular weight is 425 g/mol. The van der Waals surface area contributed by atoms with Gasteiger partial charge in [-0.05, 0) is 30.3 Å². The fourth-order valence-corrected chi connectivity index (χ4v) is 7.32. The van der Waals surface area contributed by atoms with Crippen LogP contribution >= 0.6 is 23.4 Å². The monoisotopic (exact) mass is 424 g/mol. The lowest BCUT2D eigenvalue weighted by Gasteiger charge is -2.24. The summed E-state index contributed by atoms with van der Waals surface area (Å²) in [4.78, 5) is 18.4. The molecule has 0 saturated carbocycles. The Morgan fingerprint density at radius 1 is 1.19 bits per heavy atom. The number of rotatable bonds is 2. The number of carbonyl (C=O) groups is 1. The van der Waals surface area contributed by atoms with Gasteiger partial charge in [-0.15, -0.1) is 0 Å². The van der Waals surface area contributed by atoms with E-state index in [2.05, 4.69) is 4.99 Å². The Morgan fingerprint density at radius 2 is 1.93 bits per heavy atom. The molecule has 2 aliphatic rings. The van der Waals surface area contributed by atoms with Crippen LogP contribution in [0.2, 0.25) is 5.02 Å². The van der Waals surface area contributed by atoms with E-state index in [0.717, 1.165) is 0 Å². The van der Waals surface area contributed by atoms with E-state index in [9.17, 15) is 17.6 Å². The molecule has 1 amide bonds. The maximum atomic E-state index is 13.6. The van der Waals surface area contributed by atoms with Crippen LogP contribution in [0.5, 0.6) is 0 Å². The lowest BCUT2D eigenvalue weighted by atomic mass is 10.2. The lowest BCUT2D eigenvalue weighted by Crippen LogP contribution is -2.37. The summed E-state index contributed by atoms with van der Waals surface area (Å²) in [7, 11) is -3.18. The third-order valence-corrected chi connectivity index (χ3v) is 7.97. The summed E-state index contributed by atoms with van der Waals surface area (Å²) in [6, 6.07) is 12.4. The Morgan fingerprint density at radius 3 is 2.63 bits per heavy atom. The Hall–Kier alpha value is -1.90. The number of benzene rings is 2. The second kappa shape index (κ2) is 6.92. The SMILES string of the molecule is O=C(N=C1S[C@H]2CS(=O)(=O)C[C@H]2N1c1ccc(F)c(Cl)c1)c1ccccc1. The van der Waals surface area contributed by atoms with Crippen molar-refractivity contribution in [2.75, 3.05) is 16.4 Å². The van der Waals surface area contributed by atoms with E-state index in [-0.39, 0.29) is 27.8 Å². The molecule has 2 aromatic rings. The summed E-state index contributed by atoms with van der Waals surface area (Å²) in [5.41, 5.74) is 0.950. The molecule has 2 saturated heterocycles. The number of fused-ring (bicyclic) bond motifs is 1. The van der Waals surface area contributed by atoms with Crippen LogP contribution in [0.3, 0.4) is 0 Å². The zero-order valence-electron chi connectivity index (χ0n) is 13.9. The molecule has 0 aliphatic carbocycles. The highest BCUT2D eigenvalue weighted by Crippen LogP contribution is 2.41. The number of hydrogen-bond donors (Lipinski definition) is 0. The minimum atomic E-state index is -3.18. The minimum Gasteiger partial charge on any atom is -0.316 e. The number of carbonyl (C=O) groups excluding carboxylic acids is 1. The number of thioether (sulfide) groups is 1. The van der Waals surface area contributed by atoms with Crippen molar-refractivity contribution in [2.24, 2.45) is 4.99 Å². The van der Waals surface area contributed by atoms with Gasteiger partial charge in [-0.3, -0.25) is 4.79 Å². The van der Waals surface area contributed by atoms with Gasteiger partial charge >= 0.3 is 0 Å². The number of halogens is 2. The van der Waals surface area contributed by atoms with Crippen molar-refractivity contribution in [3.63, 3.8) is 0 Å². The molecule has 2 fully saturated rings. The normalized spacial score (nSPS) is 25.0. The molecule has 9 heteroatoms. The van der Waals surface area contributed by atoms with Crippen LogP contribution in [-0.4, -0.2) is 42.3 Å². The number of amidine groups is 1. The standard InChI is InChI=1S/C18H14ClFN2O3S2/c19-13-8-12(6-7-14(13)20)22-15-9-27(24,25)10-16(15)26-18(22)21-17(23)11-4-2-1-3-5-11/h1-8,15-16H,9-10H2/t15-,16+/m1/s1. The molecule has 0 N–H and O–H groups in total. The number of amides is 1. The lowest BCUT2D eigenvalue weighted by molar-refractivity contribution is 0.100. The van der Waals surface area contributed by atoms with Crippen molar-refractivity contribution in [1.29, 1.82) is 0 Å². The molecule has 27 heavy (non-hydrogen) atoms. The molecule has 0 bridgehead atoms. The Labute approximate surface area is 165 Å². The molecular weight excluding hydrogens is 411 g/mol. The third kappa shape index (κ3) is 3.61. The van der Waals surface area contributed by atoms with Gasteiger partial charge in [0.2, 0.25) is 0 Å². The van der Waals surface area contributed by atoms with Gasteiger partial charge in [0.15, 0.2) is 15.0 Å². The van der Waals surface area contributed by atoms with E-state index in [1.165, 1.54) is 30.0 Å². The first-order valence-electron chi connectivity index (χ1n) is 8.13. The molecule has 140 valence electrons. The number of sulfone groups is 1. The van der Waals surface area contributed by atoms with E-state index >= 15 is 0 Å². The van der Waals surface area contributed by atoms with Crippen molar-refractivity contribution in [2.45, 2.75) is 11.3 Å². The predicted octanol–water partition coefficient (Wildman–Crippen LogP) is 3.39. The number of aliphatic imine (C=N–C) groups is 1. The predicted molar refractivity (Wildman–Crippen MR) is 106 cm³/mol. The van der Waals surface area contributed by atoms with E-state index in [1.807, 2.05) is 0 Å². The highest BCUT2D eigenvalue weighted by molar-refractivity contribution is 8.16. The van der Waals surface area contributed by atoms with Gasteiger partial charge in [-0.25, -0.2) is 12.8 Å². The first-order chi connectivity index (χ1) is 12.8. The van der Waals surface area contributed by atoms with Gasteiger partial charge in [-0.2, -0.15) is 4.99 Å². The molecule has 4 rings (SSSR count). The maximum absolute atomic E-state index is 13.6. The molecular formula is C18H14ClFN2O3S2. The molecule has 5 nitrogen and oxygen atoms in total. The van der Waals surface area contributed by atoms with Gasteiger partial charge in [0.05, 0.1) is 22.6 Å². The van der Waals surface area contributed by atoms with Gasteiger partial charge in [0, 0.05) is 16.5 Å². The average Bonchev–Trinajstić information content (AvgIpc) is 3.09. The quantitative estimate of drug-likeness (QED) is 0.739. The van der Waals surface area contributed by atoms with Crippen LogP contribution in [0.1, 0.15) is 10.4 Å². The molecule has 2 heterocycles. The van der Waals surface area contributed by atoms with E-state index in [1.54, 1.807) is 35.2 Å². The van der Waals surface area contributed by atoms with Crippen LogP contribution in [0.15, 0.2) is 53.5 Å².